The lowest BCUT2D eigenvalue weighted by molar-refractivity contribution is 0.974. The van der Waals surface area contributed by atoms with Crippen molar-refractivity contribution >= 4 is 34.8 Å². The summed E-state index contributed by atoms with van der Waals surface area (Å²) in [6, 6.07) is 17.6. The van der Waals surface area contributed by atoms with Crippen molar-refractivity contribution in [2.24, 2.45) is 5.73 Å². The van der Waals surface area contributed by atoms with E-state index in [2.05, 4.69) is 20.5 Å². The van der Waals surface area contributed by atoms with Crippen molar-refractivity contribution in [2.75, 3.05) is 5.32 Å². The summed E-state index contributed by atoms with van der Waals surface area (Å²) in [5.74, 6) is 0.739. The molecule has 0 aliphatic rings. The third kappa shape index (κ3) is 3.44. The molecule has 3 aromatic rings. The SMILES string of the molecule is NC(=S)Nc1ccccc1Sc1n[nH]c(-c2ccccc2)n1. The molecule has 1 aromatic heterocycles. The highest BCUT2D eigenvalue weighted by molar-refractivity contribution is 7.99. The van der Waals surface area contributed by atoms with Crippen LogP contribution < -0.4 is 11.1 Å². The van der Waals surface area contributed by atoms with Crippen LogP contribution in [0.2, 0.25) is 0 Å². The van der Waals surface area contributed by atoms with E-state index in [9.17, 15) is 0 Å². The third-order valence-electron chi connectivity index (χ3n) is 2.86. The van der Waals surface area contributed by atoms with Crippen LogP contribution >= 0.6 is 24.0 Å². The molecule has 4 N–H and O–H groups in total. The van der Waals surface area contributed by atoms with Crippen LogP contribution in [0.15, 0.2) is 64.6 Å². The number of nitrogens with zero attached hydrogens (tertiary/aromatic N) is 2. The summed E-state index contributed by atoms with van der Waals surface area (Å²) in [4.78, 5) is 5.45. The fourth-order valence-corrected chi connectivity index (χ4v) is 2.82. The molecule has 0 unspecified atom stereocenters. The standard InChI is InChI=1S/C15H13N5S2/c16-14(21)17-11-8-4-5-9-12(11)22-15-18-13(19-20-15)10-6-2-1-3-7-10/h1-9H,(H3,16,17,21)(H,18,19,20). The van der Waals surface area contributed by atoms with E-state index in [0.29, 0.717) is 5.16 Å². The highest BCUT2D eigenvalue weighted by Gasteiger charge is 2.10. The van der Waals surface area contributed by atoms with E-state index < -0.39 is 0 Å². The van der Waals surface area contributed by atoms with Crippen LogP contribution in [0.1, 0.15) is 0 Å². The first kappa shape index (κ1) is 14.6. The van der Waals surface area contributed by atoms with Crippen LogP contribution in [0.3, 0.4) is 0 Å². The Morgan fingerprint density at radius 1 is 1.09 bits per heavy atom. The van der Waals surface area contributed by atoms with Gasteiger partial charge in [-0.3, -0.25) is 5.10 Å². The van der Waals surface area contributed by atoms with Gasteiger partial charge in [0.05, 0.1) is 5.69 Å². The Morgan fingerprint density at radius 2 is 1.82 bits per heavy atom. The fraction of sp³-hybridized carbons (Fsp3) is 0. The Morgan fingerprint density at radius 3 is 2.59 bits per heavy atom. The smallest absolute Gasteiger partial charge is 0.213 e. The molecule has 0 aliphatic heterocycles. The van der Waals surface area contributed by atoms with Gasteiger partial charge < -0.3 is 11.1 Å². The van der Waals surface area contributed by atoms with Gasteiger partial charge in [0.25, 0.3) is 0 Å². The van der Waals surface area contributed by atoms with Crippen LogP contribution in [0, 0.1) is 0 Å². The number of nitrogens with two attached hydrogens (primary N) is 1. The zero-order chi connectivity index (χ0) is 15.4. The van der Waals surface area contributed by atoms with Crippen molar-refractivity contribution in [3.05, 3.63) is 54.6 Å². The Bertz CT molecular complexity index is 785. The number of H-pyrrole nitrogens is 1. The molecule has 0 atom stereocenters. The Balaban J connectivity index is 1.83. The van der Waals surface area contributed by atoms with Gasteiger partial charge in [-0.2, -0.15) is 0 Å². The van der Waals surface area contributed by atoms with Gasteiger partial charge in [-0.25, -0.2) is 4.98 Å². The van der Waals surface area contributed by atoms with Crippen molar-refractivity contribution in [3.63, 3.8) is 0 Å². The molecule has 0 saturated carbocycles. The van der Waals surface area contributed by atoms with E-state index >= 15 is 0 Å². The molecule has 110 valence electrons. The first-order valence-electron chi connectivity index (χ1n) is 6.53. The lowest BCUT2D eigenvalue weighted by Gasteiger charge is -2.08. The number of anilines is 1. The van der Waals surface area contributed by atoms with Gasteiger partial charge in [0.1, 0.15) is 0 Å². The van der Waals surface area contributed by atoms with Crippen LogP contribution in [0.5, 0.6) is 0 Å². The second-order valence-corrected chi connectivity index (χ2v) is 5.87. The van der Waals surface area contributed by atoms with E-state index in [1.807, 2.05) is 54.6 Å². The predicted octanol–water partition coefficient (Wildman–Crippen LogP) is 3.28. The van der Waals surface area contributed by atoms with Crippen LogP contribution in [-0.4, -0.2) is 20.3 Å². The summed E-state index contributed by atoms with van der Waals surface area (Å²) in [5, 5.41) is 11.0. The minimum Gasteiger partial charge on any atom is -0.376 e. The molecule has 22 heavy (non-hydrogen) atoms. The molecule has 2 aromatic carbocycles. The van der Waals surface area contributed by atoms with Gasteiger partial charge in [0, 0.05) is 10.5 Å². The third-order valence-corrected chi connectivity index (χ3v) is 3.90. The molecule has 7 heteroatoms. The zero-order valence-electron chi connectivity index (χ0n) is 11.5. The summed E-state index contributed by atoms with van der Waals surface area (Å²) in [7, 11) is 0. The van der Waals surface area contributed by atoms with E-state index in [0.717, 1.165) is 22.0 Å². The zero-order valence-corrected chi connectivity index (χ0v) is 13.1. The first-order chi connectivity index (χ1) is 10.7. The van der Waals surface area contributed by atoms with E-state index in [1.54, 1.807) is 0 Å². The monoisotopic (exact) mass is 327 g/mol. The summed E-state index contributed by atoms with van der Waals surface area (Å²) in [6.07, 6.45) is 0. The maximum Gasteiger partial charge on any atom is 0.213 e. The molecule has 0 fully saturated rings. The number of nitrogens with one attached hydrogen (secondary N) is 2. The predicted molar refractivity (Wildman–Crippen MR) is 92.8 cm³/mol. The van der Waals surface area contributed by atoms with E-state index in [1.165, 1.54) is 11.8 Å². The quantitative estimate of drug-likeness (QED) is 0.638. The second kappa shape index (κ2) is 6.59. The molecular formula is C15H13N5S2. The largest absolute Gasteiger partial charge is 0.376 e. The second-order valence-electron chi connectivity index (χ2n) is 4.42. The number of thiocarbonyl (C=S) groups is 1. The minimum atomic E-state index is 0.230. The Labute approximate surface area is 137 Å². The number of hydrogen-bond donors (Lipinski definition) is 3. The van der Waals surface area contributed by atoms with Gasteiger partial charge in [0.2, 0.25) is 5.16 Å². The van der Waals surface area contributed by atoms with E-state index in [4.69, 9.17) is 18.0 Å². The van der Waals surface area contributed by atoms with Crippen LogP contribution in [0.4, 0.5) is 5.69 Å². The maximum absolute atomic E-state index is 5.54. The van der Waals surface area contributed by atoms with Gasteiger partial charge in [0.15, 0.2) is 10.9 Å². The number of hydrogen-bond acceptors (Lipinski definition) is 4. The van der Waals surface area contributed by atoms with Crippen molar-refractivity contribution in [3.8, 4) is 11.4 Å². The molecule has 0 aliphatic carbocycles. The van der Waals surface area contributed by atoms with Crippen LogP contribution in [-0.2, 0) is 0 Å². The highest BCUT2D eigenvalue weighted by Crippen LogP contribution is 2.32. The topological polar surface area (TPSA) is 79.6 Å². The normalized spacial score (nSPS) is 10.4. The van der Waals surface area contributed by atoms with E-state index in [-0.39, 0.29) is 5.11 Å². The fourth-order valence-electron chi connectivity index (χ4n) is 1.91. The summed E-state index contributed by atoms with van der Waals surface area (Å²) in [5.41, 5.74) is 7.38. The lowest BCUT2D eigenvalue weighted by atomic mass is 10.2. The summed E-state index contributed by atoms with van der Waals surface area (Å²) >= 11 is 6.33. The van der Waals surface area contributed by atoms with Crippen LogP contribution in [0.25, 0.3) is 11.4 Å². The minimum absolute atomic E-state index is 0.230. The molecule has 3 rings (SSSR count). The lowest BCUT2D eigenvalue weighted by Crippen LogP contribution is -2.19. The van der Waals surface area contributed by atoms with Gasteiger partial charge >= 0.3 is 0 Å². The molecule has 1 heterocycles. The average Bonchev–Trinajstić information content (AvgIpc) is 2.98. The summed E-state index contributed by atoms with van der Waals surface area (Å²) < 4.78 is 0. The Hall–Kier alpha value is -2.38. The molecule has 0 amide bonds. The first-order valence-corrected chi connectivity index (χ1v) is 7.76. The molecular weight excluding hydrogens is 314 g/mol. The molecule has 0 saturated heterocycles. The molecule has 5 nitrogen and oxygen atoms in total. The van der Waals surface area contributed by atoms with Gasteiger partial charge in [-0.15, -0.1) is 5.10 Å². The van der Waals surface area contributed by atoms with Crippen molar-refractivity contribution < 1.29 is 0 Å². The van der Waals surface area contributed by atoms with Crippen molar-refractivity contribution in [1.82, 2.24) is 15.2 Å². The highest BCUT2D eigenvalue weighted by atomic mass is 32.2. The van der Waals surface area contributed by atoms with Crippen molar-refractivity contribution in [1.29, 1.82) is 0 Å². The maximum atomic E-state index is 5.54. The molecule has 0 spiro atoms. The molecule has 0 radical (unpaired) electrons. The number of aromatic amines is 1. The van der Waals surface area contributed by atoms with Crippen molar-refractivity contribution in [2.45, 2.75) is 10.1 Å². The number of para-hydroxylation sites is 1. The summed E-state index contributed by atoms with van der Waals surface area (Å²) in [6.45, 7) is 0. The number of benzene rings is 2. The number of aromatic nitrogens is 3. The average molecular weight is 327 g/mol. The number of rotatable bonds is 4. The Kier molecular flexibility index (Phi) is 4.36. The van der Waals surface area contributed by atoms with Gasteiger partial charge in [-0.05, 0) is 36.1 Å². The molecule has 0 bridgehead atoms. The van der Waals surface area contributed by atoms with Gasteiger partial charge in [-0.1, -0.05) is 42.5 Å².